The van der Waals surface area contributed by atoms with Gasteiger partial charge in [0.15, 0.2) is 0 Å². The summed E-state index contributed by atoms with van der Waals surface area (Å²) >= 11 is 0. The van der Waals surface area contributed by atoms with Crippen LogP contribution in [0.25, 0.3) is 10.8 Å². The number of fused-ring (bicyclic) bond motifs is 3. The number of piperidine rings is 1. The molecule has 2 atom stereocenters. The molecule has 7 nitrogen and oxygen atoms in total. The molecule has 2 aromatic rings. The number of nitro benzene ring substituents is 1. The molecule has 1 saturated heterocycles. The number of likely N-dealkylation sites (tertiary alicyclic amines) is 1. The topological polar surface area (TPSA) is 92.9 Å². The van der Waals surface area contributed by atoms with E-state index in [1.54, 1.807) is 43.0 Å². The van der Waals surface area contributed by atoms with E-state index < -0.39 is 22.7 Å². The van der Waals surface area contributed by atoms with Crippen LogP contribution in [-0.2, 0) is 4.79 Å². The second kappa shape index (κ2) is 6.20. The number of aliphatic hydroxyl groups is 1. The molecule has 0 saturated carbocycles. The van der Waals surface area contributed by atoms with Crippen molar-refractivity contribution >= 4 is 22.4 Å². The van der Waals surface area contributed by atoms with E-state index in [-0.39, 0.29) is 11.6 Å². The van der Waals surface area contributed by atoms with Crippen LogP contribution in [0, 0.1) is 10.1 Å². The summed E-state index contributed by atoms with van der Waals surface area (Å²) in [5, 5.41) is 23.8. The van der Waals surface area contributed by atoms with E-state index >= 15 is 0 Å². The SMILES string of the molecule is CC1(C)Oc2c(cc([N+](=O)[O-])c3ccccc23)[C@@H](N2CCCCC2=O)[C@@H]1O. The van der Waals surface area contributed by atoms with Crippen LogP contribution in [0.1, 0.15) is 44.7 Å². The Morgan fingerprint density at radius 2 is 1.96 bits per heavy atom. The molecule has 1 amide bonds. The average molecular weight is 370 g/mol. The molecule has 2 aromatic carbocycles. The Morgan fingerprint density at radius 3 is 2.63 bits per heavy atom. The molecule has 0 spiro atoms. The highest BCUT2D eigenvalue weighted by Gasteiger charge is 2.48. The number of hydrogen-bond acceptors (Lipinski definition) is 5. The highest BCUT2D eigenvalue weighted by molar-refractivity contribution is 5.97. The predicted molar refractivity (Wildman–Crippen MR) is 99.6 cm³/mol. The zero-order valence-corrected chi connectivity index (χ0v) is 15.3. The van der Waals surface area contributed by atoms with Crippen molar-refractivity contribution in [1.82, 2.24) is 4.90 Å². The first-order valence-corrected chi connectivity index (χ1v) is 9.18. The Kier molecular flexibility index (Phi) is 4.07. The summed E-state index contributed by atoms with van der Waals surface area (Å²) in [6, 6.07) is 7.81. The summed E-state index contributed by atoms with van der Waals surface area (Å²) in [5.74, 6) is 0.472. The largest absolute Gasteiger partial charge is 0.484 e. The van der Waals surface area contributed by atoms with Gasteiger partial charge in [-0.05, 0) is 32.8 Å². The first-order chi connectivity index (χ1) is 12.8. The quantitative estimate of drug-likeness (QED) is 0.646. The highest BCUT2D eigenvalue weighted by atomic mass is 16.6. The first-order valence-electron chi connectivity index (χ1n) is 9.18. The van der Waals surface area contributed by atoms with Gasteiger partial charge < -0.3 is 14.7 Å². The third kappa shape index (κ3) is 2.73. The lowest BCUT2D eigenvalue weighted by Crippen LogP contribution is -2.55. The maximum Gasteiger partial charge on any atom is 0.277 e. The zero-order valence-electron chi connectivity index (χ0n) is 15.3. The summed E-state index contributed by atoms with van der Waals surface area (Å²) in [6.07, 6.45) is 1.10. The van der Waals surface area contributed by atoms with Gasteiger partial charge in [0, 0.05) is 30.0 Å². The molecule has 4 rings (SSSR count). The van der Waals surface area contributed by atoms with Gasteiger partial charge in [0.25, 0.3) is 5.69 Å². The Bertz CT molecular complexity index is 939. The molecule has 2 heterocycles. The van der Waals surface area contributed by atoms with Crippen molar-refractivity contribution in [2.75, 3.05) is 6.54 Å². The Balaban J connectivity index is 2.00. The molecular formula is C20H22N2O5. The van der Waals surface area contributed by atoms with E-state index in [4.69, 9.17) is 4.74 Å². The number of aliphatic hydroxyl groups excluding tert-OH is 1. The number of nitro groups is 1. The van der Waals surface area contributed by atoms with Crippen molar-refractivity contribution in [3.05, 3.63) is 46.0 Å². The van der Waals surface area contributed by atoms with E-state index in [1.807, 2.05) is 0 Å². The summed E-state index contributed by atoms with van der Waals surface area (Å²) in [4.78, 5) is 25.5. The van der Waals surface area contributed by atoms with Gasteiger partial charge in [-0.25, -0.2) is 0 Å². The Hall–Kier alpha value is -2.67. The molecule has 27 heavy (non-hydrogen) atoms. The molecule has 142 valence electrons. The third-order valence-electron chi connectivity index (χ3n) is 5.59. The van der Waals surface area contributed by atoms with E-state index in [0.29, 0.717) is 35.1 Å². The lowest BCUT2D eigenvalue weighted by molar-refractivity contribution is -0.383. The number of ether oxygens (including phenoxy) is 1. The number of non-ortho nitro benzene ring substituents is 1. The Labute approximate surface area is 156 Å². The van der Waals surface area contributed by atoms with E-state index in [0.717, 1.165) is 12.8 Å². The van der Waals surface area contributed by atoms with Crippen LogP contribution >= 0.6 is 0 Å². The maximum atomic E-state index is 12.6. The minimum atomic E-state index is -0.993. The van der Waals surface area contributed by atoms with Crippen LogP contribution in [-0.4, -0.2) is 39.1 Å². The molecule has 0 aliphatic carbocycles. The lowest BCUT2D eigenvalue weighted by Gasteiger charge is -2.47. The van der Waals surface area contributed by atoms with Crippen molar-refractivity contribution in [3.63, 3.8) is 0 Å². The minimum absolute atomic E-state index is 0.0373. The van der Waals surface area contributed by atoms with Crippen LogP contribution in [0.3, 0.4) is 0 Å². The summed E-state index contributed by atoms with van der Waals surface area (Å²) in [5.41, 5.74) is -0.481. The monoisotopic (exact) mass is 370 g/mol. The highest BCUT2D eigenvalue weighted by Crippen LogP contribution is 2.49. The normalized spacial score (nSPS) is 24.4. The number of carbonyl (C=O) groups is 1. The van der Waals surface area contributed by atoms with Crippen molar-refractivity contribution < 1.29 is 19.6 Å². The number of hydrogen-bond donors (Lipinski definition) is 1. The second-order valence-electron chi connectivity index (χ2n) is 7.76. The summed E-state index contributed by atoms with van der Waals surface area (Å²) < 4.78 is 6.13. The number of nitrogens with zero attached hydrogens (tertiary/aromatic N) is 2. The van der Waals surface area contributed by atoms with E-state index in [9.17, 15) is 20.0 Å². The van der Waals surface area contributed by atoms with E-state index in [1.165, 1.54) is 6.07 Å². The smallest absolute Gasteiger partial charge is 0.277 e. The fourth-order valence-electron chi connectivity index (χ4n) is 4.17. The second-order valence-corrected chi connectivity index (χ2v) is 7.76. The van der Waals surface area contributed by atoms with Crippen molar-refractivity contribution in [2.24, 2.45) is 0 Å². The molecule has 1 fully saturated rings. The van der Waals surface area contributed by atoms with Crippen molar-refractivity contribution in [3.8, 4) is 5.75 Å². The molecule has 0 aromatic heterocycles. The van der Waals surface area contributed by atoms with Gasteiger partial charge in [-0.15, -0.1) is 0 Å². The number of carbonyl (C=O) groups excluding carboxylic acids is 1. The fourth-order valence-corrected chi connectivity index (χ4v) is 4.17. The molecule has 1 N–H and O–H groups in total. The minimum Gasteiger partial charge on any atom is -0.484 e. The molecule has 0 bridgehead atoms. The standard InChI is InChI=1S/C20H22N2O5/c1-20(2)19(24)17(21-10-6-5-9-16(21)23)14-11-15(22(25)26)12-7-3-4-8-13(12)18(14)27-20/h3-4,7-8,11,17,19,24H,5-6,9-10H2,1-2H3/t17-,19+/m1/s1. The van der Waals surface area contributed by atoms with Gasteiger partial charge in [-0.2, -0.15) is 0 Å². The van der Waals surface area contributed by atoms with Gasteiger partial charge >= 0.3 is 0 Å². The number of amides is 1. The Morgan fingerprint density at radius 1 is 1.26 bits per heavy atom. The first kappa shape index (κ1) is 17.7. The van der Waals surface area contributed by atoms with E-state index in [2.05, 4.69) is 0 Å². The molecule has 2 aliphatic rings. The van der Waals surface area contributed by atoms with Crippen LogP contribution in [0.5, 0.6) is 5.75 Å². The predicted octanol–water partition coefficient (Wildman–Crippen LogP) is 3.33. The molecule has 0 radical (unpaired) electrons. The molecule has 2 aliphatic heterocycles. The maximum absolute atomic E-state index is 12.6. The number of rotatable bonds is 2. The van der Waals surface area contributed by atoms with Gasteiger partial charge in [0.05, 0.1) is 16.4 Å². The van der Waals surface area contributed by atoms with Crippen LogP contribution in [0.2, 0.25) is 0 Å². The van der Waals surface area contributed by atoms with Crippen LogP contribution in [0.4, 0.5) is 5.69 Å². The third-order valence-corrected chi connectivity index (χ3v) is 5.59. The molecule has 0 unspecified atom stereocenters. The molecule has 7 heteroatoms. The summed E-state index contributed by atoms with van der Waals surface area (Å²) in [6.45, 7) is 4.08. The fraction of sp³-hybridized carbons (Fsp3) is 0.450. The van der Waals surface area contributed by atoms with Gasteiger partial charge in [0.2, 0.25) is 5.91 Å². The van der Waals surface area contributed by atoms with Gasteiger partial charge in [-0.1, -0.05) is 18.2 Å². The van der Waals surface area contributed by atoms with Gasteiger partial charge in [-0.3, -0.25) is 14.9 Å². The average Bonchev–Trinajstić information content (AvgIpc) is 2.63. The lowest BCUT2D eigenvalue weighted by atomic mass is 9.83. The van der Waals surface area contributed by atoms with Crippen molar-refractivity contribution in [2.45, 2.75) is 50.9 Å². The van der Waals surface area contributed by atoms with Crippen LogP contribution in [0.15, 0.2) is 30.3 Å². The summed E-state index contributed by atoms with van der Waals surface area (Å²) in [7, 11) is 0. The van der Waals surface area contributed by atoms with Crippen molar-refractivity contribution in [1.29, 1.82) is 0 Å². The number of benzene rings is 2. The molecular weight excluding hydrogens is 348 g/mol. The van der Waals surface area contributed by atoms with Crippen LogP contribution < -0.4 is 4.74 Å². The zero-order chi connectivity index (χ0) is 19.3. The van der Waals surface area contributed by atoms with Gasteiger partial charge in [0.1, 0.15) is 17.5 Å².